The fraction of sp³-hybridized carbons (Fsp3) is 0.455. The topological polar surface area (TPSA) is 66.6 Å². The fourth-order valence-corrected chi connectivity index (χ4v) is 2.24. The van der Waals surface area contributed by atoms with Crippen LogP contribution in [0.3, 0.4) is 0 Å². The van der Waals surface area contributed by atoms with E-state index in [1.807, 2.05) is 4.90 Å². The Hall–Kier alpha value is -1.33. The van der Waals surface area contributed by atoms with Crippen LogP contribution in [0.4, 0.5) is 11.4 Å². The SMILES string of the molecule is O=[N+]([O-])c1ccc(Cl)cc1N1CCCC(O)C1. The van der Waals surface area contributed by atoms with Crippen molar-refractivity contribution in [2.75, 3.05) is 18.0 Å². The van der Waals surface area contributed by atoms with Crippen LogP contribution in [0, 0.1) is 10.1 Å². The lowest BCUT2D eigenvalue weighted by molar-refractivity contribution is -0.384. The summed E-state index contributed by atoms with van der Waals surface area (Å²) in [5, 5.41) is 21.0. The number of aliphatic hydroxyl groups excluding tert-OH is 1. The third kappa shape index (κ3) is 2.68. The van der Waals surface area contributed by atoms with Gasteiger partial charge in [-0.1, -0.05) is 11.6 Å². The molecule has 1 N–H and O–H groups in total. The molecule has 1 unspecified atom stereocenters. The minimum atomic E-state index is -0.428. The van der Waals surface area contributed by atoms with Crippen LogP contribution in [0.2, 0.25) is 5.02 Å². The van der Waals surface area contributed by atoms with Gasteiger partial charge in [-0.05, 0) is 25.0 Å². The molecule has 0 radical (unpaired) electrons. The van der Waals surface area contributed by atoms with Crippen LogP contribution in [0.5, 0.6) is 0 Å². The Morgan fingerprint density at radius 2 is 2.29 bits per heavy atom. The molecule has 1 aromatic carbocycles. The maximum atomic E-state index is 10.9. The number of nitro groups is 1. The number of rotatable bonds is 2. The molecule has 5 nitrogen and oxygen atoms in total. The van der Waals surface area contributed by atoms with E-state index in [1.54, 1.807) is 6.07 Å². The first-order valence-corrected chi connectivity index (χ1v) is 5.82. The van der Waals surface area contributed by atoms with Gasteiger partial charge < -0.3 is 10.0 Å². The highest BCUT2D eigenvalue weighted by Crippen LogP contribution is 2.32. The number of benzene rings is 1. The Labute approximate surface area is 104 Å². The van der Waals surface area contributed by atoms with Crippen molar-refractivity contribution in [1.29, 1.82) is 0 Å². The number of piperidine rings is 1. The van der Waals surface area contributed by atoms with Gasteiger partial charge in [-0.15, -0.1) is 0 Å². The molecular formula is C11H13ClN2O3. The zero-order chi connectivity index (χ0) is 12.4. The van der Waals surface area contributed by atoms with E-state index >= 15 is 0 Å². The van der Waals surface area contributed by atoms with Crippen LogP contribution in [-0.4, -0.2) is 29.2 Å². The minimum Gasteiger partial charge on any atom is -0.391 e. The molecule has 1 aromatic rings. The maximum absolute atomic E-state index is 10.9. The van der Waals surface area contributed by atoms with Crippen molar-refractivity contribution in [1.82, 2.24) is 0 Å². The number of anilines is 1. The van der Waals surface area contributed by atoms with Crippen molar-refractivity contribution in [3.8, 4) is 0 Å². The molecule has 92 valence electrons. The summed E-state index contributed by atoms with van der Waals surface area (Å²) in [6.07, 6.45) is 1.14. The molecule has 0 saturated carbocycles. The normalized spacial score (nSPS) is 20.4. The standard InChI is InChI=1S/C11H13ClN2O3/c12-8-3-4-10(14(16)17)11(6-8)13-5-1-2-9(15)7-13/h3-4,6,9,15H,1-2,5,7H2. The third-order valence-electron chi connectivity index (χ3n) is 2.87. The number of β-amino-alcohol motifs (C(OH)–C–C–N with tert-alkyl or cyclic N) is 1. The molecule has 0 spiro atoms. The van der Waals surface area contributed by atoms with Crippen molar-refractivity contribution < 1.29 is 10.0 Å². The van der Waals surface area contributed by atoms with Crippen molar-refractivity contribution in [2.45, 2.75) is 18.9 Å². The highest BCUT2D eigenvalue weighted by atomic mass is 35.5. The number of hydrogen-bond donors (Lipinski definition) is 1. The highest BCUT2D eigenvalue weighted by Gasteiger charge is 2.24. The molecule has 1 atom stereocenters. The van der Waals surface area contributed by atoms with Crippen LogP contribution in [0.15, 0.2) is 18.2 Å². The summed E-state index contributed by atoms with van der Waals surface area (Å²) in [6.45, 7) is 1.12. The van der Waals surface area contributed by atoms with Gasteiger partial charge in [0.15, 0.2) is 0 Å². The Balaban J connectivity index is 2.35. The van der Waals surface area contributed by atoms with E-state index in [9.17, 15) is 15.2 Å². The largest absolute Gasteiger partial charge is 0.391 e. The number of aliphatic hydroxyl groups is 1. The smallest absolute Gasteiger partial charge is 0.292 e. The van der Waals surface area contributed by atoms with Crippen molar-refractivity contribution in [3.63, 3.8) is 0 Å². The minimum absolute atomic E-state index is 0.0310. The number of nitro benzene ring substituents is 1. The van der Waals surface area contributed by atoms with Gasteiger partial charge in [0.25, 0.3) is 5.69 Å². The van der Waals surface area contributed by atoms with Gasteiger partial charge in [0, 0.05) is 24.2 Å². The number of halogens is 1. The van der Waals surface area contributed by atoms with Crippen molar-refractivity contribution >= 4 is 23.0 Å². The lowest BCUT2D eigenvalue weighted by Crippen LogP contribution is -2.38. The van der Waals surface area contributed by atoms with Crippen LogP contribution in [0.1, 0.15) is 12.8 Å². The maximum Gasteiger partial charge on any atom is 0.292 e. The van der Waals surface area contributed by atoms with Crippen LogP contribution in [-0.2, 0) is 0 Å². The summed E-state index contributed by atoms with van der Waals surface area (Å²) in [6, 6.07) is 4.49. The average Bonchev–Trinajstić information content (AvgIpc) is 2.28. The summed E-state index contributed by atoms with van der Waals surface area (Å²) in [5.41, 5.74) is 0.518. The molecule has 0 bridgehead atoms. The fourth-order valence-electron chi connectivity index (χ4n) is 2.08. The van der Waals surface area contributed by atoms with E-state index in [-0.39, 0.29) is 5.69 Å². The van der Waals surface area contributed by atoms with Crippen molar-refractivity contribution in [3.05, 3.63) is 33.3 Å². The van der Waals surface area contributed by atoms with E-state index < -0.39 is 11.0 Å². The lowest BCUT2D eigenvalue weighted by atomic mass is 10.1. The first-order valence-electron chi connectivity index (χ1n) is 5.45. The van der Waals surface area contributed by atoms with Gasteiger partial charge in [0.2, 0.25) is 0 Å². The van der Waals surface area contributed by atoms with Gasteiger partial charge in [0.05, 0.1) is 11.0 Å². The number of nitrogens with zero attached hydrogens (tertiary/aromatic N) is 2. The molecule has 1 saturated heterocycles. The van der Waals surface area contributed by atoms with E-state index in [2.05, 4.69) is 0 Å². The summed E-state index contributed by atoms with van der Waals surface area (Å²) in [4.78, 5) is 12.3. The van der Waals surface area contributed by atoms with Crippen LogP contribution >= 0.6 is 11.6 Å². The average molecular weight is 257 g/mol. The molecule has 1 aliphatic rings. The molecule has 0 aliphatic carbocycles. The number of hydrogen-bond acceptors (Lipinski definition) is 4. The van der Waals surface area contributed by atoms with Gasteiger partial charge >= 0.3 is 0 Å². The summed E-state index contributed by atoms with van der Waals surface area (Å²) in [7, 11) is 0. The second kappa shape index (κ2) is 4.89. The summed E-state index contributed by atoms with van der Waals surface area (Å²) < 4.78 is 0. The second-order valence-corrected chi connectivity index (χ2v) is 4.57. The molecule has 6 heteroatoms. The predicted molar refractivity (Wildman–Crippen MR) is 65.6 cm³/mol. The Morgan fingerprint density at radius 1 is 1.53 bits per heavy atom. The highest BCUT2D eigenvalue weighted by molar-refractivity contribution is 6.31. The Morgan fingerprint density at radius 3 is 2.94 bits per heavy atom. The molecule has 0 aromatic heterocycles. The Bertz CT molecular complexity index is 439. The molecule has 17 heavy (non-hydrogen) atoms. The molecule has 1 fully saturated rings. The molecule has 0 amide bonds. The van der Waals surface area contributed by atoms with E-state index in [1.165, 1.54) is 12.1 Å². The second-order valence-electron chi connectivity index (χ2n) is 4.13. The van der Waals surface area contributed by atoms with Gasteiger partial charge in [-0.25, -0.2) is 0 Å². The monoisotopic (exact) mass is 256 g/mol. The molecule has 2 rings (SSSR count). The summed E-state index contributed by atoms with van der Waals surface area (Å²) >= 11 is 5.87. The first kappa shape index (κ1) is 12.1. The predicted octanol–water partition coefficient (Wildman–Crippen LogP) is 2.21. The molecule has 1 heterocycles. The zero-order valence-electron chi connectivity index (χ0n) is 9.17. The summed E-state index contributed by atoms with van der Waals surface area (Å²) in [5.74, 6) is 0. The zero-order valence-corrected chi connectivity index (χ0v) is 9.93. The van der Waals surface area contributed by atoms with Gasteiger partial charge in [-0.3, -0.25) is 10.1 Å². The van der Waals surface area contributed by atoms with E-state index in [0.717, 1.165) is 12.8 Å². The van der Waals surface area contributed by atoms with Crippen molar-refractivity contribution in [2.24, 2.45) is 0 Å². The van der Waals surface area contributed by atoms with E-state index in [0.29, 0.717) is 23.8 Å². The molecule has 1 aliphatic heterocycles. The van der Waals surface area contributed by atoms with E-state index in [4.69, 9.17) is 11.6 Å². The lowest BCUT2D eigenvalue weighted by Gasteiger charge is -2.31. The van der Waals surface area contributed by atoms with Gasteiger partial charge in [-0.2, -0.15) is 0 Å². The van der Waals surface area contributed by atoms with Crippen LogP contribution < -0.4 is 4.90 Å². The van der Waals surface area contributed by atoms with Gasteiger partial charge in [0.1, 0.15) is 5.69 Å². The molecular weight excluding hydrogens is 244 g/mol. The quantitative estimate of drug-likeness (QED) is 0.651. The third-order valence-corrected chi connectivity index (χ3v) is 3.11. The Kier molecular flexibility index (Phi) is 3.49. The first-order chi connectivity index (χ1) is 8.08. The van der Waals surface area contributed by atoms with Crippen LogP contribution in [0.25, 0.3) is 0 Å².